The van der Waals surface area contributed by atoms with Gasteiger partial charge >= 0.3 is 0 Å². The first-order chi connectivity index (χ1) is 8.31. The lowest BCUT2D eigenvalue weighted by Crippen LogP contribution is -2.25. The fourth-order valence-electron chi connectivity index (χ4n) is 3.75. The van der Waals surface area contributed by atoms with Crippen LogP contribution in [0.3, 0.4) is 0 Å². The van der Waals surface area contributed by atoms with Gasteiger partial charge in [0.25, 0.3) is 0 Å². The molecule has 2 aliphatic rings. The summed E-state index contributed by atoms with van der Waals surface area (Å²) in [4.78, 5) is 0. The maximum atomic E-state index is 4.33. The van der Waals surface area contributed by atoms with Crippen molar-refractivity contribution in [3.63, 3.8) is 0 Å². The van der Waals surface area contributed by atoms with E-state index in [0.717, 1.165) is 24.3 Å². The Balaban J connectivity index is 1.73. The quantitative estimate of drug-likeness (QED) is 0.847. The molecule has 3 unspecified atom stereocenters. The molecule has 1 aromatic heterocycles. The van der Waals surface area contributed by atoms with E-state index in [1.165, 1.54) is 31.2 Å². The molecule has 0 amide bonds. The average Bonchev–Trinajstić information content (AvgIpc) is 2.73. The lowest BCUT2D eigenvalue weighted by Gasteiger charge is -2.19. The third-order valence-electron chi connectivity index (χ3n) is 4.56. The topological polar surface area (TPSA) is 29.9 Å². The van der Waals surface area contributed by atoms with E-state index >= 15 is 0 Å². The first kappa shape index (κ1) is 11.3. The molecule has 0 spiro atoms. The summed E-state index contributed by atoms with van der Waals surface area (Å²) < 4.78 is 1.92. The number of nitrogens with one attached hydrogen (secondary N) is 1. The summed E-state index contributed by atoms with van der Waals surface area (Å²) in [5.41, 5.74) is 1.39. The largest absolute Gasteiger partial charge is 0.310 e. The molecule has 2 aliphatic carbocycles. The molecule has 0 aromatic carbocycles. The predicted octanol–water partition coefficient (Wildman–Crippen LogP) is 2.51. The molecule has 1 aromatic rings. The maximum absolute atomic E-state index is 4.33. The third-order valence-corrected chi connectivity index (χ3v) is 4.56. The number of hydrogen-bond donors (Lipinski definition) is 1. The van der Waals surface area contributed by atoms with E-state index in [4.69, 9.17) is 0 Å². The molecule has 3 atom stereocenters. The van der Waals surface area contributed by atoms with Gasteiger partial charge in [0.2, 0.25) is 0 Å². The number of hydrogen-bond acceptors (Lipinski definition) is 2. The Hall–Kier alpha value is -0.830. The lowest BCUT2D eigenvalue weighted by molar-refractivity contribution is 0.417. The summed E-state index contributed by atoms with van der Waals surface area (Å²) >= 11 is 0. The van der Waals surface area contributed by atoms with Crippen molar-refractivity contribution in [3.05, 3.63) is 18.0 Å². The van der Waals surface area contributed by atoms with Crippen molar-refractivity contribution in [1.29, 1.82) is 0 Å². The summed E-state index contributed by atoms with van der Waals surface area (Å²) in [7, 11) is 2.01. The molecule has 0 bridgehead atoms. The molecular formula is C14H23N3. The second kappa shape index (κ2) is 4.45. The summed E-state index contributed by atoms with van der Waals surface area (Å²) in [5, 5.41) is 8.06. The third kappa shape index (κ3) is 2.01. The van der Waals surface area contributed by atoms with Crippen molar-refractivity contribution >= 4 is 0 Å². The van der Waals surface area contributed by atoms with E-state index in [9.17, 15) is 0 Å². The van der Waals surface area contributed by atoms with Crippen LogP contribution in [-0.4, -0.2) is 16.3 Å². The number of rotatable bonds is 5. The van der Waals surface area contributed by atoms with Gasteiger partial charge in [0.1, 0.15) is 0 Å². The van der Waals surface area contributed by atoms with Crippen LogP contribution in [0.1, 0.15) is 44.2 Å². The summed E-state index contributed by atoms with van der Waals surface area (Å²) in [6.07, 6.45) is 9.81. The summed E-state index contributed by atoms with van der Waals surface area (Å²) in [5.74, 6) is 2.90. The zero-order valence-corrected chi connectivity index (χ0v) is 10.9. The van der Waals surface area contributed by atoms with Crippen molar-refractivity contribution in [1.82, 2.24) is 15.1 Å². The van der Waals surface area contributed by atoms with Crippen molar-refractivity contribution in [3.8, 4) is 0 Å². The monoisotopic (exact) mass is 233 g/mol. The Morgan fingerprint density at radius 1 is 1.47 bits per heavy atom. The highest BCUT2D eigenvalue weighted by Gasteiger charge is 2.56. The minimum atomic E-state index is 0.555. The minimum Gasteiger partial charge on any atom is -0.310 e. The van der Waals surface area contributed by atoms with Gasteiger partial charge in [-0.1, -0.05) is 13.3 Å². The van der Waals surface area contributed by atoms with Crippen molar-refractivity contribution in [2.24, 2.45) is 24.8 Å². The van der Waals surface area contributed by atoms with Crippen molar-refractivity contribution in [2.75, 3.05) is 6.54 Å². The van der Waals surface area contributed by atoms with Gasteiger partial charge in [-0.3, -0.25) is 4.68 Å². The number of nitrogens with zero attached hydrogens (tertiary/aromatic N) is 2. The SMILES string of the molecule is CCCNC(c1cnn(C)c1)C1C2CCCC21. The fourth-order valence-corrected chi connectivity index (χ4v) is 3.75. The molecule has 1 heterocycles. The molecule has 0 radical (unpaired) electrons. The highest BCUT2D eigenvalue weighted by Crippen LogP contribution is 2.62. The van der Waals surface area contributed by atoms with Crippen molar-refractivity contribution < 1.29 is 0 Å². The minimum absolute atomic E-state index is 0.555. The van der Waals surface area contributed by atoms with Crippen LogP contribution in [0.25, 0.3) is 0 Å². The molecule has 1 N–H and O–H groups in total. The Morgan fingerprint density at radius 3 is 2.82 bits per heavy atom. The van der Waals surface area contributed by atoms with Crippen LogP contribution in [0.2, 0.25) is 0 Å². The number of aryl methyl sites for hydroxylation is 1. The van der Waals surface area contributed by atoms with Crippen LogP contribution >= 0.6 is 0 Å². The lowest BCUT2D eigenvalue weighted by atomic mass is 9.99. The zero-order valence-electron chi connectivity index (χ0n) is 10.9. The van der Waals surface area contributed by atoms with Crippen LogP contribution < -0.4 is 5.32 Å². The van der Waals surface area contributed by atoms with Gasteiger partial charge in [-0.15, -0.1) is 0 Å². The molecule has 0 aliphatic heterocycles. The zero-order chi connectivity index (χ0) is 11.8. The number of aromatic nitrogens is 2. The van der Waals surface area contributed by atoms with Gasteiger partial charge in [0, 0.05) is 24.8 Å². The highest BCUT2D eigenvalue weighted by atomic mass is 15.2. The van der Waals surface area contributed by atoms with Crippen LogP contribution in [0.5, 0.6) is 0 Å². The van der Waals surface area contributed by atoms with Gasteiger partial charge in [-0.05, 0) is 43.6 Å². The van der Waals surface area contributed by atoms with Crippen LogP contribution in [0.15, 0.2) is 12.4 Å². The second-order valence-electron chi connectivity index (χ2n) is 5.72. The second-order valence-corrected chi connectivity index (χ2v) is 5.72. The van der Waals surface area contributed by atoms with Crippen LogP contribution in [0.4, 0.5) is 0 Å². The van der Waals surface area contributed by atoms with E-state index in [0.29, 0.717) is 6.04 Å². The van der Waals surface area contributed by atoms with E-state index in [-0.39, 0.29) is 0 Å². The Bertz CT molecular complexity index is 375. The highest BCUT2D eigenvalue weighted by molar-refractivity contribution is 5.19. The molecule has 2 saturated carbocycles. The fraction of sp³-hybridized carbons (Fsp3) is 0.786. The van der Waals surface area contributed by atoms with E-state index in [1.807, 2.05) is 17.9 Å². The van der Waals surface area contributed by atoms with E-state index in [2.05, 4.69) is 23.5 Å². The smallest absolute Gasteiger partial charge is 0.0537 e. The van der Waals surface area contributed by atoms with Gasteiger partial charge in [0.15, 0.2) is 0 Å². The van der Waals surface area contributed by atoms with Gasteiger partial charge in [0.05, 0.1) is 6.20 Å². The number of fused-ring (bicyclic) bond motifs is 1. The Labute approximate surface area is 104 Å². The molecule has 2 fully saturated rings. The van der Waals surface area contributed by atoms with Gasteiger partial charge < -0.3 is 5.32 Å². The predicted molar refractivity (Wildman–Crippen MR) is 68.6 cm³/mol. The van der Waals surface area contributed by atoms with Gasteiger partial charge in [-0.2, -0.15) is 5.10 Å². The summed E-state index contributed by atoms with van der Waals surface area (Å²) in [6.45, 7) is 3.36. The van der Waals surface area contributed by atoms with Crippen molar-refractivity contribution in [2.45, 2.75) is 38.6 Å². The first-order valence-corrected chi connectivity index (χ1v) is 7.03. The van der Waals surface area contributed by atoms with Gasteiger partial charge in [-0.25, -0.2) is 0 Å². The molecule has 17 heavy (non-hydrogen) atoms. The molecule has 94 valence electrons. The normalized spacial score (nSPS) is 32.5. The Morgan fingerprint density at radius 2 is 2.24 bits per heavy atom. The van der Waals surface area contributed by atoms with E-state index in [1.54, 1.807) is 0 Å². The molecule has 3 nitrogen and oxygen atoms in total. The molecule has 3 rings (SSSR count). The first-order valence-electron chi connectivity index (χ1n) is 7.03. The molecule has 3 heteroatoms. The van der Waals surface area contributed by atoms with E-state index < -0.39 is 0 Å². The Kier molecular flexibility index (Phi) is 2.95. The van der Waals surface area contributed by atoms with Crippen LogP contribution in [0, 0.1) is 17.8 Å². The average molecular weight is 233 g/mol. The standard InChI is InChI=1S/C14H23N3/c1-3-7-15-14(10-8-16-17(2)9-10)13-11-5-4-6-12(11)13/h8-9,11-15H,3-7H2,1-2H3. The van der Waals surface area contributed by atoms with Crippen LogP contribution in [-0.2, 0) is 7.05 Å². The molecule has 0 saturated heterocycles. The summed E-state index contributed by atoms with van der Waals surface area (Å²) in [6, 6.07) is 0.555. The maximum Gasteiger partial charge on any atom is 0.0537 e. The molecular weight excluding hydrogens is 210 g/mol.